The summed E-state index contributed by atoms with van der Waals surface area (Å²) in [5, 5.41) is 11.3. The minimum atomic E-state index is -0.453. The second kappa shape index (κ2) is 5.77. The Morgan fingerprint density at radius 3 is 2.65 bits per heavy atom. The smallest absolute Gasteiger partial charge is 0.272 e. The molecule has 1 aromatic carbocycles. The van der Waals surface area contributed by atoms with Gasteiger partial charge in [-0.3, -0.25) is 14.9 Å². The van der Waals surface area contributed by atoms with Crippen LogP contribution in [0.25, 0.3) is 0 Å². The first kappa shape index (κ1) is 13.6. The van der Waals surface area contributed by atoms with Crippen LogP contribution < -0.4 is 0 Å². The molecular formula is C11H13BrN2O3. The van der Waals surface area contributed by atoms with E-state index in [0.29, 0.717) is 23.0 Å². The lowest BCUT2D eigenvalue weighted by atomic mass is 10.1. The van der Waals surface area contributed by atoms with Gasteiger partial charge in [-0.2, -0.15) is 0 Å². The first-order valence-electron chi connectivity index (χ1n) is 5.04. The normalized spacial score (nSPS) is 10.1. The van der Waals surface area contributed by atoms with Crippen molar-refractivity contribution in [3.05, 3.63) is 39.4 Å². The van der Waals surface area contributed by atoms with Crippen LogP contribution in [0.4, 0.5) is 5.69 Å². The molecule has 17 heavy (non-hydrogen) atoms. The summed E-state index contributed by atoms with van der Waals surface area (Å²) in [4.78, 5) is 23.7. The number of nitro groups is 1. The lowest BCUT2D eigenvalue weighted by Gasteiger charge is -2.15. The predicted octanol–water partition coefficient (Wildman–Crippen LogP) is 2.37. The molecule has 0 aliphatic heterocycles. The molecule has 0 saturated heterocycles. The monoisotopic (exact) mass is 300 g/mol. The zero-order valence-corrected chi connectivity index (χ0v) is 11.2. The molecule has 1 aromatic rings. The number of rotatable bonds is 4. The quantitative estimate of drug-likeness (QED) is 0.487. The van der Waals surface area contributed by atoms with E-state index in [1.54, 1.807) is 24.9 Å². The summed E-state index contributed by atoms with van der Waals surface area (Å²) in [6.45, 7) is 2.22. The fourth-order valence-electron chi connectivity index (χ4n) is 1.44. The molecule has 0 N–H and O–H groups in total. The first-order chi connectivity index (χ1) is 7.97. The van der Waals surface area contributed by atoms with Gasteiger partial charge in [-0.1, -0.05) is 15.9 Å². The summed E-state index contributed by atoms with van der Waals surface area (Å²) in [6, 6.07) is 4.40. The Morgan fingerprint density at radius 2 is 2.18 bits per heavy atom. The van der Waals surface area contributed by atoms with Gasteiger partial charge in [0.25, 0.3) is 11.6 Å². The summed E-state index contributed by atoms with van der Waals surface area (Å²) in [5.41, 5.74) is 0.995. The van der Waals surface area contributed by atoms with Crippen molar-refractivity contribution in [2.24, 2.45) is 0 Å². The summed E-state index contributed by atoms with van der Waals surface area (Å²) in [6.07, 6.45) is 0. The maximum atomic E-state index is 11.9. The van der Waals surface area contributed by atoms with Crippen molar-refractivity contribution in [3.8, 4) is 0 Å². The molecule has 0 unspecified atom stereocenters. The average Bonchev–Trinajstić information content (AvgIpc) is 2.27. The third-order valence-corrected chi connectivity index (χ3v) is 2.76. The van der Waals surface area contributed by atoms with Crippen molar-refractivity contribution in [2.75, 3.05) is 18.9 Å². The van der Waals surface area contributed by atoms with Crippen LogP contribution in [0.1, 0.15) is 15.9 Å². The minimum Gasteiger partial charge on any atom is -0.341 e. The average molecular weight is 301 g/mol. The third-order valence-electron chi connectivity index (χ3n) is 2.41. The number of benzene rings is 1. The van der Waals surface area contributed by atoms with E-state index in [4.69, 9.17) is 0 Å². The molecule has 0 aromatic heterocycles. The summed E-state index contributed by atoms with van der Waals surface area (Å²) in [5.74, 6) is -0.137. The standard InChI is InChI=1S/C11H13BrN2O3/c1-8-7-9(3-4-10(8)14(16)17)11(15)13(2)6-5-12/h3-4,7H,5-6H2,1-2H3. The molecule has 0 fully saturated rings. The molecule has 0 heterocycles. The highest BCUT2D eigenvalue weighted by atomic mass is 79.9. The van der Waals surface area contributed by atoms with Gasteiger partial charge in [0.2, 0.25) is 0 Å². The molecule has 0 saturated carbocycles. The first-order valence-corrected chi connectivity index (χ1v) is 6.16. The van der Waals surface area contributed by atoms with E-state index in [1.807, 2.05) is 0 Å². The van der Waals surface area contributed by atoms with Gasteiger partial charge in [-0.15, -0.1) is 0 Å². The number of amides is 1. The van der Waals surface area contributed by atoms with Crippen molar-refractivity contribution in [3.63, 3.8) is 0 Å². The van der Waals surface area contributed by atoms with Crippen molar-refractivity contribution < 1.29 is 9.72 Å². The number of alkyl halides is 1. The topological polar surface area (TPSA) is 63.5 Å². The van der Waals surface area contributed by atoms with Crippen molar-refractivity contribution in [1.29, 1.82) is 0 Å². The minimum absolute atomic E-state index is 0.0321. The van der Waals surface area contributed by atoms with Crippen LogP contribution in [0.3, 0.4) is 0 Å². The second-order valence-electron chi connectivity index (χ2n) is 3.67. The van der Waals surface area contributed by atoms with Crippen LogP contribution in [0.2, 0.25) is 0 Å². The summed E-state index contributed by atoms with van der Waals surface area (Å²) >= 11 is 3.25. The Labute approximate surface area is 108 Å². The number of carbonyl (C=O) groups excluding carboxylic acids is 1. The Balaban J connectivity index is 2.97. The molecule has 1 rings (SSSR count). The number of halogens is 1. The zero-order valence-electron chi connectivity index (χ0n) is 9.64. The highest BCUT2D eigenvalue weighted by Gasteiger charge is 2.15. The number of hydrogen-bond donors (Lipinski definition) is 0. The fraction of sp³-hybridized carbons (Fsp3) is 0.364. The van der Waals surface area contributed by atoms with Crippen LogP contribution in [0, 0.1) is 17.0 Å². The molecule has 6 heteroatoms. The van der Waals surface area contributed by atoms with Crippen LogP contribution in [0.15, 0.2) is 18.2 Å². The van der Waals surface area contributed by atoms with E-state index in [1.165, 1.54) is 12.1 Å². The zero-order chi connectivity index (χ0) is 13.0. The second-order valence-corrected chi connectivity index (χ2v) is 4.47. The van der Waals surface area contributed by atoms with Gasteiger partial charge in [0.1, 0.15) is 0 Å². The van der Waals surface area contributed by atoms with E-state index >= 15 is 0 Å². The van der Waals surface area contributed by atoms with E-state index in [-0.39, 0.29) is 11.6 Å². The summed E-state index contributed by atoms with van der Waals surface area (Å²) in [7, 11) is 1.69. The molecule has 5 nitrogen and oxygen atoms in total. The Morgan fingerprint density at radius 1 is 1.53 bits per heavy atom. The lowest BCUT2D eigenvalue weighted by Crippen LogP contribution is -2.28. The van der Waals surface area contributed by atoms with E-state index in [0.717, 1.165) is 0 Å². The Kier molecular flexibility index (Phi) is 4.62. The maximum absolute atomic E-state index is 11.9. The van der Waals surface area contributed by atoms with E-state index in [9.17, 15) is 14.9 Å². The lowest BCUT2D eigenvalue weighted by molar-refractivity contribution is -0.385. The molecular weight excluding hydrogens is 288 g/mol. The van der Waals surface area contributed by atoms with Gasteiger partial charge in [0, 0.05) is 36.1 Å². The number of hydrogen-bond acceptors (Lipinski definition) is 3. The fourth-order valence-corrected chi connectivity index (χ4v) is 1.97. The molecule has 0 aliphatic carbocycles. The Hall–Kier alpha value is -1.43. The van der Waals surface area contributed by atoms with Gasteiger partial charge in [-0.05, 0) is 19.1 Å². The molecule has 0 spiro atoms. The largest absolute Gasteiger partial charge is 0.341 e. The number of carbonyl (C=O) groups is 1. The number of nitro benzene ring substituents is 1. The molecule has 0 radical (unpaired) electrons. The van der Waals surface area contributed by atoms with E-state index in [2.05, 4.69) is 15.9 Å². The molecule has 0 atom stereocenters. The van der Waals surface area contributed by atoms with Crippen molar-refractivity contribution >= 4 is 27.5 Å². The third kappa shape index (κ3) is 3.26. The van der Waals surface area contributed by atoms with Crippen LogP contribution in [-0.2, 0) is 0 Å². The van der Waals surface area contributed by atoms with Crippen molar-refractivity contribution in [2.45, 2.75) is 6.92 Å². The van der Waals surface area contributed by atoms with Gasteiger partial charge in [0.05, 0.1) is 4.92 Å². The predicted molar refractivity (Wildman–Crippen MR) is 68.6 cm³/mol. The van der Waals surface area contributed by atoms with Crippen LogP contribution in [0.5, 0.6) is 0 Å². The van der Waals surface area contributed by atoms with Crippen molar-refractivity contribution in [1.82, 2.24) is 4.90 Å². The van der Waals surface area contributed by atoms with Gasteiger partial charge in [-0.25, -0.2) is 0 Å². The van der Waals surface area contributed by atoms with Crippen LogP contribution in [-0.4, -0.2) is 34.7 Å². The maximum Gasteiger partial charge on any atom is 0.272 e. The van der Waals surface area contributed by atoms with Gasteiger partial charge in [0.15, 0.2) is 0 Å². The van der Waals surface area contributed by atoms with Gasteiger partial charge < -0.3 is 4.90 Å². The van der Waals surface area contributed by atoms with E-state index < -0.39 is 4.92 Å². The number of aryl methyl sites for hydroxylation is 1. The molecule has 92 valence electrons. The Bertz CT molecular complexity index is 448. The molecule has 0 bridgehead atoms. The SMILES string of the molecule is Cc1cc(C(=O)N(C)CCBr)ccc1[N+](=O)[O-]. The van der Waals surface area contributed by atoms with Crippen LogP contribution >= 0.6 is 15.9 Å². The molecule has 0 aliphatic rings. The highest BCUT2D eigenvalue weighted by molar-refractivity contribution is 9.09. The number of nitrogens with zero attached hydrogens (tertiary/aromatic N) is 2. The summed E-state index contributed by atoms with van der Waals surface area (Å²) < 4.78 is 0. The molecule has 1 amide bonds. The highest BCUT2D eigenvalue weighted by Crippen LogP contribution is 2.19. The van der Waals surface area contributed by atoms with Gasteiger partial charge >= 0.3 is 0 Å².